The quantitative estimate of drug-likeness (QED) is 0.464. The average Bonchev–Trinajstić information content (AvgIpc) is 2.72. The third-order valence-electron chi connectivity index (χ3n) is 3.10. The van der Waals surface area contributed by atoms with E-state index in [2.05, 4.69) is 6.58 Å². The van der Waals surface area contributed by atoms with Gasteiger partial charge in [-0.25, -0.2) is 4.39 Å². The number of benzene rings is 1. The monoisotopic (exact) mass is 247 g/mol. The second kappa shape index (κ2) is 5.12. The first kappa shape index (κ1) is 12.5. The summed E-state index contributed by atoms with van der Waals surface area (Å²) in [7, 11) is 0. The molecule has 1 saturated heterocycles. The van der Waals surface area contributed by atoms with Crippen molar-refractivity contribution in [3.63, 3.8) is 0 Å². The number of nitrogens with zero attached hydrogens (tertiary/aromatic N) is 1. The van der Waals surface area contributed by atoms with Crippen LogP contribution in [0.4, 0.5) is 4.39 Å². The molecule has 2 rings (SSSR count). The van der Waals surface area contributed by atoms with E-state index in [1.165, 1.54) is 18.2 Å². The number of rotatable bonds is 4. The minimum atomic E-state index is -0.748. The van der Waals surface area contributed by atoms with Crippen molar-refractivity contribution in [2.24, 2.45) is 5.92 Å². The summed E-state index contributed by atoms with van der Waals surface area (Å²) >= 11 is 0. The van der Waals surface area contributed by atoms with E-state index in [1.54, 1.807) is 17.0 Å². The first-order valence-electron chi connectivity index (χ1n) is 5.83. The maximum absolute atomic E-state index is 13.5. The van der Waals surface area contributed by atoms with Crippen LogP contribution < -0.4 is 0 Å². The number of hydrogen-bond donors (Lipinski definition) is 0. The number of likely N-dealkylation sites (tertiary alicyclic amines) is 1. The molecule has 0 aliphatic carbocycles. The Morgan fingerprint density at radius 2 is 2.22 bits per heavy atom. The van der Waals surface area contributed by atoms with Crippen molar-refractivity contribution in [2.75, 3.05) is 13.1 Å². The number of hydrogen-bond acceptors (Lipinski definition) is 2. The zero-order chi connectivity index (χ0) is 13.1. The number of ketones is 1. The van der Waals surface area contributed by atoms with Gasteiger partial charge in [-0.3, -0.25) is 9.59 Å². The maximum atomic E-state index is 13.5. The first-order chi connectivity index (χ1) is 8.65. The van der Waals surface area contributed by atoms with Gasteiger partial charge in [-0.15, -0.1) is 6.58 Å². The Bertz CT molecular complexity index is 498. The topological polar surface area (TPSA) is 37.4 Å². The van der Waals surface area contributed by atoms with Crippen LogP contribution in [0.25, 0.3) is 0 Å². The second-order valence-corrected chi connectivity index (χ2v) is 4.26. The number of halogens is 1. The summed E-state index contributed by atoms with van der Waals surface area (Å²) < 4.78 is 13.5. The van der Waals surface area contributed by atoms with Gasteiger partial charge in [0.25, 0.3) is 0 Å². The number of Topliss-reactive ketones (excluding diaryl/α,β-unsaturated/α-hetero) is 1. The Morgan fingerprint density at radius 3 is 2.89 bits per heavy atom. The highest BCUT2D eigenvalue weighted by Gasteiger charge is 2.37. The van der Waals surface area contributed by atoms with Gasteiger partial charge in [0.1, 0.15) is 11.7 Å². The van der Waals surface area contributed by atoms with Crippen molar-refractivity contribution < 1.29 is 14.0 Å². The highest BCUT2D eigenvalue weighted by molar-refractivity contribution is 6.11. The Kier molecular flexibility index (Phi) is 3.55. The third-order valence-corrected chi connectivity index (χ3v) is 3.10. The van der Waals surface area contributed by atoms with Crippen molar-refractivity contribution in [3.8, 4) is 0 Å². The van der Waals surface area contributed by atoms with Crippen LogP contribution in [0, 0.1) is 11.7 Å². The lowest BCUT2D eigenvalue weighted by Gasteiger charge is -2.13. The van der Waals surface area contributed by atoms with Gasteiger partial charge in [-0.05, 0) is 18.6 Å². The van der Waals surface area contributed by atoms with Crippen molar-refractivity contribution in [1.82, 2.24) is 4.90 Å². The van der Waals surface area contributed by atoms with Crippen molar-refractivity contribution in [3.05, 3.63) is 48.3 Å². The van der Waals surface area contributed by atoms with Gasteiger partial charge in [-0.1, -0.05) is 18.2 Å². The summed E-state index contributed by atoms with van der Waals surface area (Å²) in [6.45, 7) is 4.52. The van der Waals surface area contributed by atoms with E-state index in [4.69, 9.17) is 0 Å². The molecule has 1 aromatic rings. The summed E-state index contributed by atoms with van der Waals surface area (Å²) in [4.78, 5) is 25.6. The Morgan fingerprint density at radius 1 is 1.50 bits per heavy atom. The van der Waals surface area contributed by atoms with E-state index in [0.29, 0.717) is 19.5 Å². The molecular formula is C14H14FNO2. The normalized spacial score (nSPS) is 19.1. The van der Waals surface area contributed by atoms with Crippen molar-refractivity contribution >= 4 is 11.7 Å². The van der Waals surface area contributed by atoms with Crippen LogP contribution in [0.5, 0.6) is 0 Å². The summed E-state index contributed by atoms with van der Waals surface area (Å²) in [6, 6.07) is 5.76. The maximum Gasteiger partial charge on any atom is 0.233 e. The smallest absolute Gasteiger partial charge is 0.233 e. The molecule has 1 fully saturated rings. The number of amides is 1. The highest BCUT2D eigenvalue weighted by atomic mass is 19.1. The molecule has 3 nitrogen and oxygen atoms in total. The molecule has 1 aromatic carbocycles. The van der Waals surface area contributed by atoms with Crippen LogP contribution in [0.2, 0.25) is 0 Å². The summed E-state index contributed by atoms with van der Waals surface area (Å²) in [6.07, 6.45) is 2.06. The molecule has 0 aromatic heterocycles. The van der Waals surface area contributed by atoms with Crippen LogP contribution in [0.1, 0.15) is 16.8 Å². The molecular weight excluding hydrogens is 233 g/mol. The highest BCUT2D eigenvalue weighted by Crippen LogP contribution is 2.23. The molecule has 4 heteroatoms. The Labute approximate surface area is 105 Å². The SMILES string of the molecule is C=CCN1CCC(C(=O)c2ccccc2F)C1=O. The molecule has 0 radical (unpaired) electrons. The fourth-order valence-corrected chi connectivity index (χ4v) is 2.17. The van der Waals surface area contributed by atoms with Gasteiger partial charge in [0, 0.05) is 13.1 Å². The third kappa shape index (κ3) is 2.18. The summed E-state index contributed by atoms with van der Waals surface area (Å²) in [5.41, 5.74) is -0.00342. The molecule has 0 spiro atoms. The largest absolute Gasteiger partial charge is 0.338 e. The van der Waals surface area contributed by atoms with Crippen LogP contribution in [0.15, 0.2) is 36.9 Å². The van der Waals surface area contributed by atoms with Crippen LogP contribution in [-0.4, -0.2) is 29.7 Å². The van der Waals surface area contributed by atoms with Crippen molar-refractivity contribution in [1.29, 1.82) is 0 Å². The van der Waals surface area contributed by atoms with E-state index in [1.807, 2.05) is 0 Å². The first-order valence-corrected chi connectivity index (χ1v) is 5.83. The van der Waals surface area contributed by atoms with Crippen molar-refractivity contribution in [2.45, 2.75) is 6.42 Å². The molecule has 1 amide bonds. The lowest BCUT2D eigenvalue weighted by Crippen LogP contribution is -2.30. The van der Waals surface area contributed by atoms with Gasteiger partial charge in [0.2, 0.25) is 5.91 Å². The van der Waals surface area contributed by atoms with E-state index < -0.39 is 17.5 Å². The molecule has 1 unspecified atom stereocenters. The van der Waals surface area contributed by atoms with Gasteiger partial charge >= 0.3 is 0 Å². The predicted octanol–water partition coefficient (Wildman–Crippen LogP) is 2.04. The second-order valence-electron chi connectivity index (χ2n) is 4.26. The van der Waals surface area contributed by atoms with E-state index in [9.17, 15) is 14.0 Å². The molecule has 1 atom stereocenters. The molecule has 18 heavy (non-hydrogen) atoms. The van der Waals surface area contributed by atoms with Gasteiger partial charge in [0.05, 0.1) is 5.56 Å². The molecule has 1 aliphatic heterocycles. The van der Waals surface area contributed by atoms with Gasteiger partial charge in [0.15, 0.2) is 5.78 Å². The molecule has 0 bridgehead atoms. The average molecular weight is 247 g/mol. The van der Waals surface area contributed by atoms with E-state index in [-0.39, 0.29) is 11.5 Å². The van der Waals surface area contributed by atoms with E-state index >= 15 is 0 Å². The van der Waals surface area contributed by atoms with E-state index in [0.717, 1.165) is 0 Å². The summed E-state index contributed by atoms with van der Waals surface area (Å²) in [5, 5.41) is 0. The zero-order valence-electron chi connectivity index (χ0n) is 9.93. The molecule has 0 saturated carbocycles. The number of carbonyl (C=O) groups excluding carboxylic acids is 2. The van der Waals surface area contributed by atoms with Crippen LogP contribution >= 0.6 is 0 Å². The van der Waals surface area contributed by atoms with Crippen LogP contribution in [0.3, 0.4) is 0 Å². The minimum absolute atomic E-state index is 0.00342. The number of carbonyl (C=O) groups is 2. The lowest BCUT2D eigenvalue weighted by molar-refractivity contribution is -0.129. The predicted molar refractivity (Wildman–Crippen MR) is 65.6 cm³/mol. The van der Waals surface area contributed by atoms with Gasteiger partial charge in [-0.2, -0.15) is 0 Å². The minimum Gasteiger partial charge on any atom is -0.338 e. The molecule has 1 heterocycles. The molecule has 1 aliphatic rings. The fraction of sp³-hybridized carbons (Fsp3) is 0.286. The van der Waals surface area contributed by atoms with Gasteiger partial charge < -0.3 is 4.90 Å². The molecule has 0 N–H and O–H groups in total. The Hall–Kier alpha value is -1.97. The van der Waals surface area contributed by atoms with Crippen LogP contribution in [-0.2, 0) is 4.79 Å². The standard InChI is InChI=1S/C14H14FNO2/c1-2-8-16-9-7-11(14(16)18)13(17)10-5-3-4-6-12(10)15/h2-6,11H,1,7-9H2. The molecule has 94 valence electrons. The fourth-order valence-electron chi connectivity index (χ4n) is 2.17. The zero-order valence-corrected chi connectivity index (χ0v) is 9.93. The lowest BCUT2D eigenvalue weighted by atomic mass is 9.96. The Balaban J connectivity index is 2.19. The summed E-state index contributed by atoms with van der Waals surface area (Å²) in [5.74, 6) is -1.98.